The van der Waals surface area contributed by atoms with Crippen LogP contribution in [-0.4, -0.2) is 94.7 Å². The van der Waals surface area contributed by atoms with Crippen molar-refractivity contribution in [2.75, 3.05) is 61.9 Å². The Hall–Kier alpha value is -1.02. The Balaban J connectivity index is 2.88. The molecule has 3 unspecified atom stereocenters. The second-order valence-electron chi connectivity index (χ2n) is 9.83. The Morgan fingerprint density at radius 3 is 0.967 bits per heavy atom. The molecule has 0 bridgehead atoms. The van der Waals surface area contributed by atoms with E-state index < -0.39 is 0 Å². The van der Waals surface area contributed by atoms with Crippen LogP contribution in [-0.2, 0) is 19.3 Å². The average molecular weight is 421 g/mol. The summed E-state index contributed by atoms with van der Waals surface area (Å²) in [5, 5.41) is 0. The zero-order chi connectivity index (χ0) is 22.7. The lowest BCUT2D eigenvalue weighted by atomic mass is 9.93. The van der Waals surface area contributed by atoms with Gasteiger partial charge in [0, 0.05) is 18.1 Å². The standard InChI is InChI=1S/C24H48N6/c1-28(2)10-7-22(25)16-19-13-20(17-23(26)8-11-29(3)4)15-21(14-19)18-24(27)9-12-30(5)6/h13-15,22-24H,7-12,16-18,25-27H2,1-6H3. The molecular formula is C24H48N6. The van der Waals surface area contributed by atoms with Gasteiger partial charge in [-0.1, -0.05) is 18.2 Å². The lowest BCUT2D eigenvalue weighted by Crippen LogP contribution is -2.30. The summed E-state index contributed by atoms with van der Waals surface area (Å²) in [6, 6.07) is 7.42. The number of hydrogen-bond acceptors (Lipinski definition) is 6. The van der Waals surface area contributed by atoms with E-state index in [1.165, 1.54) is 16.7 Å². The molecule has 0 radical (unpaired) electrons. The highest BCUT2D eigenvalue weighted by molar-refractivity contribution is 5.32. The number of nitrogens with zero attached hydrogens (tertiary/aromatic N) is 3. The molecular weight excluding hydrogens is 372 g/mol. The first kappa shape index (κ1) is 27.0. The summed E-state index contributed by atoms with van der Waals surface area (Å²) in [6.45, 7) is 3.04. The van der Waals surface area contributed by atoms with Crippen molar-refractivity contribution in [3.8, 4) is 0 Å². The summed E-state index contributed by atoms with van der Waals surface area (Å²) >= 11 is 0. The first-order chi connectivity index (χ1) is 14.0. The third-order valence-electron chi connectivity index (χ3n) is 5.45. The largest absolute Gasteiger partial charge is 0.327 e. The SMILES string of the molecule is CN(C)CCC(N)Cc1cc(CC(N)CCN(C)C)cc(CC(N)CCN(C)C)c1. The lowest BCUT2D eigenvalue weighted by molar-refractivity contribution is 0.378. The molecule has 0 fully saturated rings. The van der Waals surface area contributed by atoms with E-state index in [1.807, 2.05) is 0 Å². The van der Waals surface area contributed by atoms with E-state index in [-0.39, 0.29) is 18.1 Å². The van der Waals surface area contributed by atoms with Gasteiger partial charge in [-0.2, -0.15) is 0 Å². The maximum atomic E-state index is 6.43. The van der Waals surface area contributed by atoms with Gasteiger partial charge in [0.1, 0.15) is 0 Å². The van der Waals surface area contributed by atoms with Crippen LogP contribution in [0.4, 0.5) is 0 Å². The fraction of sp³-hybridized carbons (Fsp3) is 0.750. The van der Waals surface area contributed by atoms with E-state index in [2.05, 4.69) is 75.2 Å². The summed E-state index contributed by atoms with van der Waals surface area (Å²) in [4.78, 5) is 6.57. The van der Waals surface area contributed by atoms with E-state index in [0.717, 1.165) is 58.2 Å². The molecule has 30 heavy (non-hydrogen) atoms. The first-order valence-corrected chi connectivity index (χ1v) is 11.4. The van der Waals surface area contributed by atoms with Crippen molar-refractivity contribution in [1.82, 2.24) is 14.7 Å². The summed E-state index contributed by atoms with van der Waals surface area (Å²) in [6.07, 6.45) is 5.68. The van der Waals surface area contributed by atoms with Crippen LogP contribution in [0.1, 0.15) is 36.0 Å². The Morgan fingerprint density at radius 1 is 0.533 bits per heavy atom. The number of benzene rings is 1. The van der Waals surface area contributed by atoms with Crippen molar-refractivity contribution in [1.29, 1.82) is 0 Å². The molecule has 0 heterocycles. The van der Waals surface area contributed by atoms with E-state index in [1.54, 1.807) is 0 Å². The van der Waals surface area contributed by atoms with Crippen molar-refractivity contribution < 1.29 is 0 Å². The van der Waals surface area contributed by atoms with Crippen molar-refractivity contribution in [2.45, 2.75) is 56.7 Å². The summed E-state index contributed by atoms with van der Waals surface area (Å²) in [7, 11) is 12.6. The highest BCUT2D eigenvalue weighted by Gasteiger charge is 2.12. The van der Waals surface area contributed by atoms with Gasteiger partial charge in [0.05, 0.1) is 0 Å². The minimum absolute atomic E-state index is 0.167. The maximum Gasteiger partial charge on any atom is 0.00914 e. The third kappa shape index (κ3) is 12.6. The van der Waals surface area contributed by atoms with Crippen LogP contribution in [0.25, 0.3) is 0 Å². The average Bonchev–Trinajstić information content (AvgIpc) is 2.63. The van der Waals surface area contributed by atoms with Gasteiger partial charge in [-0.15, -0.1) is 0 Å². The first-order valence-electron chi connectivity index (χ1n) is 11.4. The molecule has 6 heteroatoms. The molecule has 6 nitrogen and oxygen atoms in total. The second kappa shape index (κ2) is 14.1. The Kier molecular flexibility index (Phi) is 12.7. The molecule has 1 aromatic rings. The minimum Gasteiger partial charge on any atom is -0.327 e. The molecule has 0 saturated heterocycles. The molecule has 0 aliphatic heterocycles. The molecule has 0 aliphatic rings. The molecule has 0 aromatic heterocycles. The van der Waals surface area contributed by atoms with E-state index in [9.17, 15) is 0 Å². The summed E-state index contributed by atoms with van der Waals surface area (Å²) < 4.78 is 0. The van der Waals surface area contributed by atoms with Crippen molar-refractivity contribution in [2.24, 2.45) is 17.2 Å². The zero-order valence-electron chi connectivity index (χ0n) is 20.4. The molecule has 174 valence electrons. The Labute approximate surface area is 185 Å². The molecule has 0 aliphatic carbocycles. The van der Waals surface area contributed by atoms with E-state index in [0.29, 0.717) is 0 Å². The Morgan fingerprint density at radius 2 is 0.767 bits per heavy atom. The molecule has 1 rings (SSSR count). The van der Waals surface area contributed by atoms with E-state index in [4.69, 9.17) is 17.2 Å². The van der Waals surface area contributed by atoms with Crippen LogP contribution in [0.2, 0.25) is 0 Å². The van der Waals surface area contributed by atoms with Gasteiger partial charge < -0.3 is 31.9 Å². The lowest BCUT2D eigenvalue weighted by Gasteiger charge is -2.20. The molecule has 1 aromatic carbocycles. The fourth-order valence-corrected chi connectivity index (χ4v) is 3.68. The van der Waals surface area contributed by atoms with Crippen LogP contribution in [0, 0.1) is 0 Å². The molecule has 0 spiro atoms. The summed E-state index contributed by atoms with van der Waals surface area (Å²) in [5.74, 6) is 0. The molecule has 3 atom stereocenters. The van der Waals surface area contributed by atoms with E-state index >= 15 is 0 Å². The smallest absolute Gasteiger partial charge is 0.00914 e. The monoisotopic (exact) mass is 420 g/mol. The van der Waals surface area contributed by atoms with Crippen molar-refractivity contribution >= 4 is 0 Å². The zero-order valence-corrected chi connectivity index (χ0v) is 20.4. The fourth-order valence-electron chi connectivity index (χ4n) is 3.68. The van der Waals surface area contributed by atoms with Crippen molar-refractivity contribution in [3.05, 3.63) is 34.9 Å². The van der Waals surface area contributed by atoms with Gasteiger partial charge in [-0.25, -0.2) is 0 Å². The van der Waals surface area contributed by atoms with Gasteiger partial charge in [0.25, 0.3) is 0 Å². The maximum absolute atomic E-state index is 6.43. The number of hydrogen-bond donors (Lipinski definition) is 3. The minimum atomic E-state index is 0.167. The predicted octanol–water partition coefficient (Wildman–Crippen LogP) is 1.15. The van der Waals surface area contributed by atoms with Gasteiger partial charge in [0.2, 0.25) is 0 Å². The second-order valence-corrected chi connectivity index (χ2v) is 9.83. The van der Waals surface area contributed by atoms with Crippen LogP contribution in [0.3, 0.4) is 0 Å². The van der Waals surface area contributed by atoms with Crippen LogP contribution in [0.5, 0.6) is 0 Å². The Bertz CT molecular complexity index is 494. The van der Waals surface area contributed by atoms with Gasteiger partial charge in [-0.05, 0) is 117 Å². The number of rotatable bonds is 15. The number of nitrogens with two attached hydrogens (primary N) is 3. The molecule has 6 N–H and O–H groups in total. The van der Waals surface area contributed by atoms with Crippen LogP contribution >= 0.6 is 0 Å². The van der Waals surface area contributed by atoms with Gasteiger partial charge in [0.15, 0.2) is 0 Å². The van der Waals surface area contributed by atoms with Crippen LogP contribution in [0.15, 0.2) is 18.2 Å². The van der Waals surface area contributed by atoms with Gasteiger partial charge >= 0.3 is 0 Å². The third-order valence-corrected chi connectivity index (χ3v) is 5.45. The highest BCUT2D eigenvalue weighted by Crippen LogP contribution is 2.17. The topological polar surface area (TPSA) is 87.8 Å². The predicted molar refractivity (Wildman–Crippen MR) is 131 cm³/mol. The molecule has 0 saturated carbocycles. The summed E-state index contributed by atoms with van der Waals surface area (Å²) in [5.41, 5.74) is 23.2. The van der Waals surface area contributed by atoms with Gasteiger partial charge in [-0.3, -0.25) is 0 Å². The van der Waals surface area contributed by atoms with Crippen LogP contribution < -0.4 is 17.2 Å². The van der Waals surface area contributed by atoms with Crippen molar-refractivity contribution in [3.63, 3.8) is 0 Å². The quantitative estimate of drug-likeness (QED) is 0.395. The normalized spacial score (nSPS) is 15.2. The molecule has 0 amide bonds. The highest BCUT2D eigenvalue weighted by atomic mass is 15.1.